The molecule has 3 aromatic rings. The molecule has 2 N–H and O–H groups in total. The van der Waals surface area contributed by atoms with Gasteiger partial charge in [0.1, 0.15) is 29.0 Å². The summed E-state index contributed by atoms with van der Waals surface area (Å²) in [4.78, 5) is 26.5. The van der Waals surface area contributed by atoms with Crippen LogP contribution in [-0.2, 0) is 9.59 Å². The van der Waals surface area contributed by atoms with E-state index in [2.05, 4.69) is 0 Å². The van der Waals surface area contributed by atoms with E-state index in [1.54, 1.807) is 0 Å². The van der Waals surface area contributed by atoms with Crippen molar-refractivity contribution in [3.8, 4) is 5.75 Å². The molecule has 3 aromatic carbocycles. The maximum absolute atomic E-state index is 14.6. The molecule has 31 heavy (non-hydrogen) atoms. The number of benzene rings is 3. The highest BCUT2D eigenvalue weighted by molar-refractivity contribution is 6.51. The number of rotatable bonds is 3. The lowest BCUT2D eigenvalue weighted by Crippen LogP contribution is -2.30. The number of phenols is 1. The van der Waals surface area contributed by atoms with Gasteiger partial charge in [0.2, 0.25) is 0 Å². The number of aliphatic hydroxyl groups excluding tert-OH is 1. The average molecular weight is 425 g/mol. The lowest BCUT2D eigenvalue weighted by molar-refractivity contribution is -0.132. The normalized spacial score (nSPS) is 17.9. The molecule has 1 saturated heterocycles. The van der Waals surface area contributed by atoms with Crippen LogP contribution in [0.1, 0.15) is 17.2 Å². The van der Waals surface area contributed by atoms with Crippen LogP contribution in [-0.4, -0.2) is 21.9 Å². The summed E-state index contributed by atoms with van der Waals surface area (Å²) in [5.74, 6) is -5.59. The molecule has 0 saturated carbocycles. The molecule has 1 aliphatic heterocycles. The van der Waals surface area contributed by atoms with Crippen LogP contribution in [0.2, 0.25) is 0 Å². The summed E-state index contributed by atoms with van der Waals surface area (Å²) in [7, 11) is 0. The minimum atomic E-state index is -1.32. The Labute approximate surface area is 174 Å². The van der Waals surface area contributed by atoms with Crippen molar-refractivity contribution < 1.29 is 33.0 Å². The van der Waals surface area contributed by atoms with Crippen molar-refractivity contribution in [2.75, 3.05) is 4.90 Å². The van der Waals surface area contributed by atoms with Crippen LogP contribution in [0.5, 0.6) is 5.75 Å². The third kappa shape index (κ3) is 3.52. The Bertz CT molecular complexity index is 1240. The van der Waals surface area contributed by atoms with E-state index in [-0.39, 0.29) is 28.1 Å². The van der Waals surface area contributed by atoms with Crippen LogP contribution in [0.3, 0.4) is 0 Å². The van der Waals surface area contributed by atoms with Gasteiger partial charge in [-0.3, -0.25) is 14.5 Å². The number of anilines is 1. The van der Waals surface area contributed by atoms with Crippen LogP contribution in [0.4, 0.5) is 18.9 Å². The Morgan fingerprint density at radius 3 is 2.19 bits per heavy atom. The predicted molar refractivity (Wildman–Crippen MR) is 106 cm³/mol. The van der Waals surface area contributed by atoms with Gasteiger partial charge in [-0.25, -0.2) is 13.2 Å². The third-order valence-corrected chi connectivity index (χ3v) is 4.92. The molecule has 0 aliphatic carbocycles. The van der Waals surface area contributed by atoms with E-state index in [4.69, 9.17) is 0 Å². The quantitative estimate of drug-likeness (QED) is 0.370. The maximum atomic E-state index is 14.6. The van der Waals surface area contributed by atoms with Crippen molar-refractivity contribution in [2.45, 2.75) is 6.04 Å². The Balaban J connectivity index is 1.98. The van der Waals surface area contributed by atoms with E-state index in [1.165, 1.54) is 36.4 Å². The molecule has 1 aliphatic rings. The molecular weight excluding hydrogens is 411 g/mol. The second-order valence-corrected chi connectivity index (χ2v) is 6.87. The highest BCUT2D eigenvalue weighted by Gasteiger charge is 2.47. The number of Topliss-reactive ketones (excluding diaryl/α,β-unsaturated/α-hetero) is 1. The first-order chi connectivity index (χ1) is 14.8. The van der Waals surface area contributed by atoms with Gasteiger partial charge in [0, 0.05) is 11.6 Å². The number of carbonyl (C=O) groups excluding carboxylic acids is 2. The molecule has 4 rings (SSSR count). The maximum Gasteiger partial charge on any atom is 0.300 e. The number of hydrogen-bond acceptors (Lipinski definition) is 4. The van der Waals surface area contributed by atoms with Gasteiger partial charge >= 0.3 is 0 Å². The average Bonchev–Trinajstić information content (AvgIpc) is 2.99. The molecule has 1 atom stereocenters. The first kappa shape index (κ1) is 20.2. The predicted octanol–water partition coefficient (Wildman–Crippen LogP) is 4.44. The summed E-state index contributed by atoms with van der Waals surface area (Å²) in [5.41, 5.74) is -0.503. The van der Waals surface area contributed by atoms with Gasteiger partial charge in [0.05, 0.1) is 17.3 Å². The van der Waals surface area contributed by atoms with Gasteiger partial charge in [-0.2, -0.15) is 0 Å². The van der Waals surface area contributed by atoms with Crippen molar-refractivity contribution in [2.24, 2.45) is 0 Å². The van der Waals surface area contributed by atoms with Crippen molar-refractivity contribution in [3.05, 3.63) is 101 Å². The topological polar surface area (TPSA) is 77.8 Å². The second-order valence-electron chi connectivity index (χ2n) is 6.87. The largest absolute Gasteiger partial charge is 0.508 e. The first-order valence-corrected chi connectivity index (χ1v) is 9.09. The summed E-state index contributed by atoms with van der Waals surface area (Å²) < 4.78 is 41.3. The molecule has 8 heteroatoms. The van der Waals surface area contributed by atoms with Crippen LogP contribution >= 0.6 is 0 Å². The number of hydrogen-bond donors (Lipinski definition) is 2. The summed E-state index contributed by atoms with van der Waals surface area (Å²) in [6.45, 7) is 0. The fraction of sp³-hybridized carbons (Fsp3) is 0.0435. The minimum Gasteiger partial charge on any atom is -0.508 e. The molecular formula is C23H14F3NO4. The van der Waals surface area contributed by atoms with Crippen LogP contribution < -0.4 is 4.90 Å². The highest BCUT2D eigenvalue weighted by atomic mass is 19.1. The van der Waals surface area contributed by atoms with Gasteiger partial charge in [-0.15, -0.1) is 0 Å². The van der Waals surface area contributed by atoms with E-state index in [9.17, 15) is 33.0 Å². The van der Waals surface area contributed by atoms with Crippen molar-refractivity contribution in [1.82, 2.24) is 0 Å². The van der Waals surface area contributed by atoms with E-state index >= 15 is 0 Å². The molecule has 1 amide bonds. The highest BCUT2D eigenvalue weighted by Crippen LogP contribution is 2.43. The number of amides is 1. The van der Waals surface area contributed by atoms with Gasteiger partial charge in [0.15, 0.2) is 0 Å². The van der Waals surface area contributed by atoms with Gasteiger partial charge in [0.25, 0.3) is 11.7 Å². The van der Waals surface area contributed by atoms with Crippen molar-refractivity contribution in [1.29, 1.82) is 0 Å². The molecule has 0 radical (unpaired) electrons. The third-order valence-electron chi connectivity index (χ3n) is 4.92. The zero-order valence-corrected chi connectivity index (χ0v) is 15.7. The van der Waals surface area contributed by atoms with Crippen molar-refractivity contribution >= 4 is 23.1 Å². The lowest BCUT2D eigenvalue weighted by atomic mass is 9.95. The second kappa shape index (κ2) is 7.64. The monoisotopic (exact) mass is 425 g/mol. The van der Waals surface area contributed by atoms with E-state index < -0.39 is 40.9 Å². The smallest absolute Gasteiger partial charge is 0.300 e. The Hall–Kier alpha value is -4.07. The van der Waals surface area contributed by atoms with E-state index in [0.717, 1.165) is 29.2 Å². The van der Waals surface area contributed by atoms with E-state index in [1.807, 2.05) is 0 Å². The summed E-state index contributed by atoms with van der Waals surface area (Å²) in [6.07, 6.45) is 0. The number of aliphatic hydroxyl groups is 1. The Morgan fingerprint density at radius 1 is 0.871 bits per heavy atom. The summed E-state index contributed by atoms with van der Waals surface area (Å²) in [5, 5.41) is 20.7. The number of aromatic hydroxyl groups is 1. The molecule has 1 unspecified atom stereocenters. The molecule has 156 valence electrons. The number of carbonyl (C=O) groups is 2. The zero-order valence-electron chi connectivity index (χ0n) is 15.7. The standard InChI is InChI=1S/C23H14F3NO4/c24-14-6-4-12(5-7-14)21(29)19-20(13-2-1-3-16(28)10-13)27(23(31)22(19)30)18-9-8-15(25)11-17(18)26/h1-11,20,28-29H/b21-19+. The number of halogens is 3. The molecule has 1 fully saturated rings. The van der Waals surface area contributed by atoms with Crippen LogP contribution in [0.25, 0.3) is 5.76 Å². The number of phenolic OH excluding ortho intramolecular Hbond substituents is 1. The fourth-order valence-electron chi connectivity index (χ4n) is 3.53. The molecule has 0 bridgehead atoms. The molecule has 1 heterocycles. The van der Waals surface area contributed by atoms with Crippen molar-refractivity contribution in [3.63, 3.8) is 0 Å². The Morgan fingerprint density at radius 2 is 1.55 bits per heavy atom. The molecule has 0 spiro atoms. The van der Waals surface area contributed by atoms with Gasteiger partial charge in [-0.05, 0) is 54.1 Å². The SMILES string of the molecule is O=C1C(=O)N(c2ccc(F)cc2F)C(c2cccc(O)c2)/C1=C(\O)c1ccc(F)cc1. The van der Waals surface area contributed by atoms with Crippen LogP contribution in [0.15, 0.2) is 72.3 Å². The fourth-order valence-corrected chi connectivity index (χ4v) is 3.53. The first-order valence-electron chi connectivity index (χ1n) is 9.09. The summed E-state index contributed by atoms with van der Waals surface area (Å²) in [6, 6.07) is 11.3. The van der Waals surface area contributed by atoms with Gasteiger partial charge in [-0.1, -0.05) is 12.1 Å². The Kier molecular flexibility index (Phi) is 4.98. The molecule has 0 aromatic heterocycles. The van der Waals surface area contributed by atoms with Crippen LogP contribution in [0, 0.1) is 17.5 Å². The number of ketones is 1. The summed E-state index contributed by atoms with van der Waals surface area (Å²) >= 11 is 0. The lowest BCUT2D eigenvalue weighted by Gasteiger charge is -2.25. The number of nitrogens with zero attached hydrogens (tertiary/aromatic N) is 1. The zero-order chi connectivity index (χ0) is 22.3. The van der Waals surface area contributed by atoms with E-state index in [0.29, 0.717) is 6.07 Å². The minimum absolute atomic E-state index is 0.0594. The van der Waals surface area contributed by atoms with Gasteiger partial charge < -0.3 is 10.2 Å². The molecule has 5 nitrogen and oxygen atoms in total.